The van der Waals surface area contributed by atoms with Gasteiger partial charge in [0, 0.05) is 11.8 Å². The van der Waals surface area contributed by atoms with Gasteiger partial charge in [0.05, 0.1) is 6.61 Å². The first-order valence-electron chi connectivity index (χ1n) is 6.43. The van der Waals surface area contributed by atoms with Gasteiger partial charge in [0.15, 0.2) is 0 Å². The van der Waals surface area contributed by atoms with E-state index in [9.17, 15) is 4.79 Å². The molecule has 0 unspecified atom stereocenters. The lowest BCUT2D eigenvalue weighted by molar-refractivity contribution is 0.102. The Morgan fingerprint density at radius 2 is 2.00 bits per heavy atom. The van der Waals surface area contributed by atoms with E-state index in [0.29, 0.717) is 12.5 Å². The normalized spacial score (nSPS) is 10.2. The Bertz CT molecular complexity index is 626. The monoisotopic (exact) mass is 271 g/mol. The Morgan fingerprint density at radius 1 is 1.20 bits per heavy atom. The third kappa shape index (κ3) is 3.32. The number of aromatic nitrogens is 2. The lowest BCUT2D eigenvalue weighted by Gasteiger charge is -2.08. The van der Waals surface area contributed by atoms with Crippen molar-refractivity contribution in [2.45, 2.75) is 20.8 Å². The van der Waals surface area contributed by atoms with Gasteiger partial charge < -0.3 is 10.1 Å². The summed E-state index contributed by atoms with van der Waals surface area (Å²) in [6, 6.07) is 7.29. The van der Waals surface area contributed by atoms with Crippen LogP contribution >= 0.6 is 0 Å². The van der Waals surface area contributed by atoms with Gasteiger partial charge >= 0.3 is 0 Å². The molecule has 0 radical (unpaired) electrons. The molecule has 1 heterocycles. The zero-order valence-corrected chi connectivity index (χ0v) is 11.8. The van der Waals surface area contributed by atoms with Crippen LogP contribution in [-0.2, 0) is 0 Å². The molecule has 0 atom stereocenters. The summed E-state index contributed by atoms with van der Waals surface area (Å²) in [5.41, 5.74) is 3.33. The van der Waals surface area contributed by atoms with Crippen LogP contribution in [0.3, 0.4) is 0 Å². The number of aryl methyl sites for hydroxylation is 2. The zero-order chi connectivity index (χ0) is 14.5. The van der Waals surface area contributed by atoms with Gasteiger partial charge in [0.1, 0.15) is 12.0 Å². The first-order valence-corrected chi connectivity index (χ1v) is 6.43. The van der Waals surface area contributed by atoms with Crippen molar-refractivity contribution in [1.29, 1.82) is 0 Å². The van der Waals surface area contributed by atoms with Crippen LogP contribution in [0.25, 0.3) is 0 Å². The molecule has 0 saturated carbocycles. The van der Waals surface area contributed by atoms with Crippen molar-refractivity contribution in [3.63, 3.8) is 0 Å². The predicted octanol–water partition coefficient (Wildman–Crippen LogP) is 2.74. The minimum atomic E-state index is -0.281. The van der Waals surface area contributed by atoms with E-state index >= 15 is 0 Å². The molecule has 0 fully saturated rings. The highest BCUT2D eigenvalue weighted by Crippen LogP contribution is 2.15. The number of carbonyl (C=O) groups is 1. The van der Waals surface area contributed by atoms with Crippen LogP contribution < -0.4 is 10.1 Å². The molecule has 5 nitrogen and oxygen atoms in total. The summed E-state index contributed by atoms with van der Waals surface area (Å²) < 4.78 is 5.25. The third-order valence-electron chi connectivity index (χ3n) is 2.93. The van der Waals surface area contributed by atoms with E-state index in [2.05, 4.69) is 15.3 Å². The van der Waals surface area contributed by atoms with Crippen LogP contribution in [0, 0.1) is 13.8 Å². The second-order valence-electron chi connectivity index (χ2n) is 4.43. The summed E-state index contributed by atoms with van der Waals surface area (Å²) in [6.07, 6.45) is 1.32. The Kier molecular flexibility index (Phi) is 4.30. The lowest BCUT2D eigenvalue weighted by Crippen LogP contribution is -2.14. The maximum atomic E-state index is 12.1. The Balaban J connectivity index is 2.15. The molecular formula is C15H17N3O2. The van der Waals surface area contributed by atoms with Crippen LogP contribution in [0.2, 0.25) is 0 Å². The van der Waals surface area contributed by atoms with E-state index < -0.39 is 0 Å². The molecule has 0 saturated heterocycles. The summed E-state index contributed by atoms with van der Waals surface area (Å²) in [4.78, 5) is 20.0. The molecule has 20 heavy (non-hydrogen) atoms. The van der Waals surface area contributed by atoms with E-state index in [4.69, 9.17) is 4.74 Å². The van der Waals surface area contributed by atoms with Gasteiger partial charge in [-0.2, -0.15) is 0 Å². The van der Waals surface area contributed by atoms with Gasteiger partial charge in [-0.3, -0.25) is 4.79 Å². The van der Waals surface area contributed by atoms with Crippen molar-refractivity contribution in [2.75, 3.05) is 11.9 Å². The molecule has 0 bridgehead atoms. The summed E-state index contributed by atoms with van der Waals surface area (Å²) in [7, 11) is 0. The zero-order valence-electron chi connectivity index (χ0n) is 11.8. The van der Waals surface area contributed by atoms with Crippen molar-refractivity contribution in [2.24, 2.45) is 0 Å². The van der Waals surface area contributed by atoms with Crippen molar-refractivity contribution < 1.29 is 9.53 Å². The van der Waals surface area contributed by atoms with E-state index in [1.54, 1.807) is 0 Å². The Labute approximate surface area is 118 Å². The number of amides is 1. The van der Waals surface area contributed by atoms with Crippen LogP contribution in [-0.4, -0.2) is 22.5 Å². The lowest BCUT2D eigenvalue weighted by atomic mass is 10.1. The fraction of sp³-hybridized carbons (Fsp3) is 0.267. The highest BCUT2D eigenvalue weighted by atomic mass is 16.5. The number of carbonyl (C=O) groups excluding carboxylic acids is 1. The van der Waals surface area contributed by atoms with E-state index in [-0.39, 0.29) is 11.6 Å². The van der Waals surface area contributed by atoms with Gasteiger partial charge in [-0.15, -0.1) is 0 Å². The molecule has 2 rings (SSSR count). The molecule has 2 aromatic rings. The number of anilines is 1. The topological polar surface area (TPSA) is 64.1 Å². The van der Waals surface area contributed by atoms with Crippen LogP contribution in [0.15, 0.2) is 30.6 Å². The van der Waals surface area contributed by atoms with Crippen LogP contribution in [0.1, 0.15) is 28.5 Å². The molecule has 0 spiro atoms. The Hall–Kier alpha value is -2.43. The van der Waals surface area contributed by atoms with Gasteiger partial charge in [0.2, 0.25) is 5.88 Å². The second kappa shape index (κ2) is 6.14. The van der Waals surface area contributed by atoms with Crippen molar-refractivity contribution in [1.82, 2.24) is 9.97 Å². The summed E-state index contributed by atoms with van der Waals surface area (Å²) in [6.45, 7) is 6.38. The summed E-state index contributed by atoms with van der Waals surface area (Å²) >= 11 is 0. The highest BCUT2D eigenvalue weighted by Gasteiger charge is 2.10. The quantitative estimate of drug-likeness (QED) is 0.928. The molecule has 1 N–H and O–H groups in total. The van der Waals surface area contributed by atoms with Crippen molar-refractivity contribution in [3.05, 3.63) is 47.4 Å². The van der Waals surface area contributed by atoms with Gasteiger partial charge in [0.25, 0.3) is 5.91 Å². The van der Waals surface area contributed by atoms with Crippen LogP contribution in [0.5, 0.6) is 5.88 Å². The molecule has 1 aromatic carbocycles. The minimum Gasteiger partial charge on any atom is -0.478 e. The number of nitrogens with zero attached hydrogens (tertiary/aromatic N) is 2. The second-order valence-corrected chi connectivity index (χ2v) is 4.43. The first-order chi connectivity index (χ1) is 9.60. The Morgan fingerprint density at radius 3 is 2.70 bits per heavy atom. The van der Waals surface area contributed by atoms with Crippen molar-refractivity contribution >= 4 is 11.6 Å². The number of benzene rings is 1. The largest absolute Gasteiger partial charge is 0.478 e. The fourth-order valence-corrected chi connectivity index (χ4v) is 1.70. The number of nitrogens with one attached hydrogen (secondary N) is 1. The maximum absolute atomic E-state index is 12.1. The number of ether oxygens (including phenoxy) is 1. The molecule has 5 heteroatoms. The molecule has 1 amide bonds. The van der Waals surface area contributed by atoms with E-state index in [1.807, 2.05) is 39.0 Å². The molecule has 0 aliphatic heterocycles. The average Bonchev–Trinajstić information content (AvgIpc) is 2.43. The molecule has 0 aliphatic rings. The molecule has 1 aromatic heterocycles. The van der Waals surface area contributed by atoms with Crippen molar-refractivity contribution in [3.8, 4) is 5.88 Å². The predicted molar refractivity (Wildman–Crippen MR) is 77.1 cm³/mol. The number of hydrogen-bond acceptors (Lipinski definition) is 4. The highest BCUT2D eigenvalue weighted by molar-refractivity contribution is 6.03. The molecular weight excluding hydrogens is 254 g/mol. The number of rotatable bonds is 4. The van der Waals surface area contributed by atoms with Gasteiger partial charge in [-0.1, -0.05) is 6.07 Å². The van der Waals surface area contributed by atoms with Gasteiger partial charge in [-0.25, -0.2) is 9.97 Å². The first kappa shape index (κ1) is 14.0. The third-order valence-corrected chi connectivity index (χ3v) is 2.93. The molecule has 104 valence electrons. The van der Waals surface area contributed by atoms with Crippen LogP contribution in [0.4, 0.5) is 5.69 Å². The number of hydrogen-bond donors (Lipinski definition) is 1. The van der Waals surface area contributed by atoms with E-state index in [0.717, 1.165) is 11.3 Å². The summed E-state index contributed by atoms with van der Waals surface area (Å²) in [5.74, 6) is 0.115. The average molecular weight is 271 g/mol. The van der Waals surface area contributed by atoms with E-state index in [1.165, 1.54) is 18.0 Å². The SMILES string of the molecule is CCOc1cc(C(=O)Nc2ccc(C)c(C)c2)ncn1. The minimum absolute atomic E-state index is 0.279. The molecule has 0 aliphatic carbocycles. The summed E-state index contributed by atoms with van der Waals surface area (Å²) in [5, 5.41) is 2.81. The smallest absolute Gasteiger partial charge is 0.274 e. The standard InChI is InChI=1S/C15H17N3O2/c1-4-20-14-8-13(16-9-17-14)15(19)18-12-6-5-10(2)11(3)7-12/h5-9H,4H2,1-3H3,(H,18,19). The fourth-order valence-electron chi connectivity index (χ4n) is 1.70. The van der Waals surface area contributed by atoms with Gasteiger partial charge in [-0.05, 0) is 44.0 Å². The maximum Gasteiger partial charge on any atom is 0.274 e.